The molecule has 1 atom stereocenters. The number of nitrogens with one attached hydrogen (secondary N) is 1. The van der Waals surface area contributed by atoms with Gasteiger partial charge in [-0.25, -0.2) is 9.37 Å². The van der Waals surface area contributed by atoms with Gasteiger partial charge in [0.25, 0.3) is 0 Å². The van der Waals surface area contributed by atoms with Crippen molar-refractivity contribution in [2.45, 2.75) is 19.8 Å². The molecule has 1 aromatic heterocycles. The van der Waals surface area contributed by atoms with E-state index in [-0.39, 0.29) is 30.7 Å². The summed E-state index contributed by atoms with van der Waals surface area (Å²) in [4.78, 5) is 15.7. The molecule has 6 heteroatoms. The van der Waals surface area contributed by atoms with Gasteiger partial charge in [-0.1, -0.05) is 19.1 Å². The highest BCUT2D eigenvalue weighted by atomic mass is 19.1. The Labute approximate surface area is 128 Å². The Bertz CT molecular complexity index is 627. The van der Waals surface area contributed by atoms with Crippen molar-refractivity contribution in [3.8, 4) is 11.3 Å². The van der Waals surface area contributed by atoms with Gasteiger partial charge in [0.2, 0.25) is 5.91 Å². The lowest BCUT2D eigenvalue weighted by atomic mass is 10.2. The molecule has 22 heavy (non-hydrogen) atoms. The minimum Gasteiger partial charge on any atom is -0.441 e. The number of benzene rings is 1. The third-order valence-electron chi connectivity index (χ3n) is 3.22. The molecule has 1 amide bonds. The Morgan fingerprint density at radius 1 is 1.45 bits per heavy atom. The second-order valence-corrected chi connectivity index (χ2v) is 5.19. The van der Waals surface area contributed by atoms with Crippen LogP contribution in [0.25, 0.3) is 11.3 Å². The van der Waals surface area contributed by atoms with Crippen molar-refractivity contribution in [3.05, 3.63) is 42.2 Å². The number of aliphatic hydroxyl groups is 1. The normalized spacial score (nSPS) is 12.1. The minimum atomic E-state index is -0.374. The standard InChI is InChI=1S/C16H19FN2O3/c1-11(10-20)8-18-15(21)6-7-16-19-9-14(22-16)12-4-2-3-5-13(12)17/h2-5,9,11,20H,6-8,10H2,1H3,(H,18,21). The molecule has 0 saturated heterocycles. The summed E-state index contributed by atoms with van der Waals surface area (Å²) in [6.07, 6.45) is 2.03. The molecule has 0 aliphatic rings. The maximum atomic E-state index is 13.6. The molecule has 2 rings (SSSR count). The number of oxazole rings is 1. The summed E-state index contributed by atoms with van der Waals surface area (Å²) in [5.74, 6) is 0.260. The van der Waals surface area contributed by atoms with Crippen LogP contribution in [0.1, 0.15) is 19.2 Å². The highest BCUT2D eigenvalue weighted by Gasteiger charge is 2.12. The molecule has 0 aliphatic carbocycles. The van der Waals surface area contributed by atoms with E-state index in [0.717, 1.165) is 0 Å². The van der Waals surface area contributed by atoms with Gasteiger partial charge < -0.3 is 14.8 Å². The van der Waals surface area contributed by atoms with Crippen LogP contribution in [0.15, 0.2) is 34.9 Å². The SMILES string of the molecule is CC(CO)CNC(=O)CCc1ncc(-c2ccccc2F)o1. The molecule has 0 aliphatic heterocycles. The fraction of sp³-hybridized carbons (Fsp3) is 0.375. The molecule has 0 bridgehead atoms. The van der Waals surface area contributed by atoms with Gasteiger partial charge in [0.15, 0.2) is 11.7 Å². The van der Waals surface area contributed by atoms with Crippen LogP contribution in [-0.2, 0) is 11.2 Å². The van der Waals surface area contributed by atoms with Crippen LogP contribution < -0.4 is 5.32 Å². The molecule has 5 nitrogen and oxygen atoms in total. The van der Waals surface area contributed by atoms with Crippen LogP contribution in [0.3, 0.4) is 0 Å². The molecular weight excluding hydrogens is 287 g/mol. The van der Waals surface area contributed by atoms with E-state index >= 15 is 0 Å². The number of rotatable bonds is 7. The van der Waals surface area contributed by atoms with Gasteiger partial charge >= 0.3 is 0 Å². The van der Waals surface area contributed by atoms with E-state index in [1.165, 1.54) is 12.3 Å². The third kappa shape index (κ3) is 4.39. The van der Waals surface area contributed by atoms with Crippen LogP contribution in [0, 0.1) is 11.7 Å². The summed E-state index contributed by atoms with van der Waals surface area (Å²) in [5.41, 5.74) is 0.350. The number of nitrogens with zero attached hydrogens (tertiary/aromatic N) is 1. The molecule has 0 fully saturated rings. The van der Waals surface area contributed by atoms with Crippen molar-refractivity contribution in [2.24, 2.45) is 5.92 Å². The highest BCUT2D eigenvalue weighted by Crippen LogP contribution is 2.23. The summed E-state index contributed by atoms with van der Waals surface area (Å²) >= 11 is 0. The van der Waals surface area contributed by atoms with Crippen molar-refractivity contribution in [1.29, 1.82) is 0 Å². The molecule has 1 heterocycles. The first-order chi connectivity index (χ1) is 10.6. The number of carbonyl (C=O) groups is 1. The zero-order chi connectivity index (χ0) is 15.9. The van der Waals surface area contributed by atoms with Crippen LogP contribution in [0.4, 0.5) is 4.39 Å². The van der Waals surface area contributed by atoms with E-state index in [9.17, 15) is 9.18 Å². The van der Waals surface area contributed by atoms with E-state index in [1.807, 2.05) is 6.92 Å². The first-order valence-corrected chi connectivity index (χ1v) is 7.17. The Kier molecular flexibility index (Phi) is 5.66. The molecule has 0 spiro atoms. The lowest BCUT2D eigenvalue weighted by Gasteiger charge is -2.08. The van der Waals surface area contributed by atoms with E-state index < -0.39 is 0 Å². The number of aliphatic hydroxyl groups excluding tert-OH is 1. The topological polar surface area (TPSA) is 75.4 Å². The molecule has 0 radical (unpaired) electrons. The minimum absolute atomic E-state index is 0.0262. The van der Waals surface area contributed by atoms with Gasteiger partial charge in [-0.2, -0.15) is 0 Å². The Balaban J connectivity index is 1.88. The van der Waals surface area contributed by atoms with Crippen molar-refractivity contribution >= 4 is 5.91 Å². The summed E-state index contributed by atoms with van der Waals surface area (Å²) in [6.45, 7) is 2.31. The second kappa shape index (κ2) is 7.70. The molecule has 2 N–H and O–H groups in total. The maximum Gasteiger partial charge on any atom is 0.220 e. The third-order valence-corrected chi connectivity index (χ3v) is 3.22. The second-order valence-electron chi connectivity index (χ2n) is 5.19. The predicted molar refractivity (Wildman–Crippen MR) is 79.5 cm³/mol. The van der Waals surface area contributed by atoms with Crippen molar-refractivity contribution in [2.75, 3.05) is 13.2 Å². The number of hydrogen-bond acceptors (Lipinski definition) is 4. The average molecular weight is 306 g/mol. The lowest BCUT2D eigenvalue weighted by molar-refractivity contribution is -0.121. The Morgan fingerprint density at radius 2 is 2.23 bits per heavy atom. The van der Waals surface area contributed by atoms with Crippen molar-refractivity contribution in [1.82, 2.24) is 10.3 Å². The molecule has 1 aromatic carbocycles. The number of amides is 1. The van der Waals surface area contributed by atoms with Gasteiger partial charge in [-0.3, -0.25) is 4.79 Å². The summed E-state index contributed by atoms with van der Waals surface area (Å²) in [5, 5.41) is 11.6. The largest absolute Gasteiger partial charge is 0.441 e. The Hall–Kier alpha value is -2.21. The van der Waals surface area contributed by atoms with Crippen LogP contribution in [0.2, 0.25) is 0 Å². The summed E-state index contributed by atoms with van der Waals surface area (Å²) in [6, 6.07) is 6.29. The highest BCUT2D eigenvalue weighted by molar-refractivity contribution is 5.76. The summed E-state index contributed by atoms with van der Waals surface area (Å²) in [7, 11) is 0. The number of aryl methyl sites for hydroxylation is 1. The smallest absolute Gasteiger partial charge is 0.220 e. The van der Waals surface area contributed by atoms with Gasteiger partial charge in [0.1, 0.15) is 5.82 Å². The molecule has 2 aromatic rings. The number of aromatic nitrogens is 1. The van der Waals surface area contributed by atoms with Gasteiger partial charge in [-0.05, 0) is 18.1 Å². The van der Waals surface area contributed by atoms with Crippen LogP contribution in [0.5, 0.6) is 0 Å². The first-order valence-electron chi connectivity index (χ1n) is 7.17. The van der Waals surface area contributed by atoms with Crippen LogP contribution in [-0.4, -0.2) is 29.1 Å². The van der Waals surface area contributed by atoms with Crippen molar-refractivity contribution in [3.63, 3.8) is 0 Å². The lowest BCUT2D eigenvalue weighted by Crippen LogP contribution is -2.29. The molecule has 1 unspecified atom stereocenters. The zero-order valence-electron chi connectivity index (χ0n) is 12.4. The van der Waals surface area contributed by atoms with E-state index in [2.05, 4.69) is 10.3 Å². The van der Waals surface area contributed by atoms with Crippen molar-refractivity contribution < 1.29 is 18.7 Å². The van der Waals surface area contributed by atoms with E-state index in [0.29, 0.717) is 30.2 Å². The fourth-order valence-corrected chi connectivity index (χ4v) is 1.87. The van der Waals surface area contributed by atoms with Gasteiger partial charge in [-0.15, -0.1) is 0 Å². The number of carbonyl (C=O) groups excluding carboxylic acids is 1. The fourth-order valence-electron chi connectivity index (χ4n) is 1.87. The Morgan fingerprint density at radius 3 is 2.95 bits per heavy atom. The van der Waals surface area contributed by atoms with Crippen LogP contribution >= 0.6 is 0 Å². The molecule has 118 valence electrons. The van der Waals surface area contributed by atoms with E-state index in [1.54, 1.807) is 18.2 Å². The summed E-state index contributed by atoms with van der Waals surface area (Å²) < 4.78 is 19.1. The van der Waals surface area contributed by atoms with Gasteiger partial charge in [0, 0.05) is 26.0 Å². The monoisotopic (exact) mass is 306 g/mol. The molecule has 0 saturated carbocycles. The molecular formula is C16H19FN2O3. The average Bonchev–Trinajstić information content (AvgIpc) is 2.99. The number of hydrogen-bond donors (Lipinski definition) is 2. The van der Waals surface area contributed by atoms with E-state index in [4.69, 9.17) is 9.52 Å². The first kappa shape index (κ1) is 16.2. The predicted octanol–water partition coefficient (Wildman–Crippen LogP) is 2.16. The van der Waals surface area contributed by atoms with Gasteiger partial charge in [0.05, 0.1) is 11.8 Å². The maximum absolute atomic E-state index is 13.6. The number of halogens is 1. The zero-order valence-corrected chi connectivity index (χ0v) is 12.4. The quantitative estimate of drug-likeness (QED) is 0.822.